The van der Waals surface area contributed by atoms with Crippen molar-refractivity contribution in [3.05, 3.63) is 12.7 Å². The first kappa shape index (κ1) is 9.95. The molecule has 0 aromatic heterocycles. The molecule has 0 N–H and O–H groups in total. The van der Waals surface area contributed by atoms with E-state index >= 15 is 0 Å². The first-order chi connectivity index (χ1) is 6.84. The molecule has 0 radical (unpaired) electrons. The van der Waals surface area contributed by atoms with Crippen LogP contribution >= 0.6 is 0 Å². The molecule has 0 amide bonds. The Labute approximate surface area is 86.6 Å². The van der Waals surface area contributed by atoms with Gasteiger partial charge in [-0.15, -0.1) is 6.58 Å². The quantitative estimate of drug-likeness (QED) is 0.482. The molecule has 0 spiro atoms. The summed E-state index contributed by atoms with van der Waals surface area (Å²) < 4.78 is 0. The van der Waals surface area contributed by atoms with Gasteiger partial charge in [-0.2, -0.15) is 0 Å². The van der Waals surface area contributed by atoms with Crippen molar-refractivity contribution in [1.82, 2.24) is 0 Å². The Bertz CT molecular complexity index is 219. The third-order valence-electron chi connectivity index (χ3n) is 3.86. The molecule has 2 unspecified atom stereocenters. The fourth-order valence-corrected chi connectivity index (χ4v) is 3.06. The number of hydrogen-bond donors (Lipinski definition) is 0. The van der Waals surface area contributed by atoms with Crippen LogP contribution in [0.5, 0.6) is 0 Å². The van der Waals surface area contributed by atoms with Crippen molar-refractivity contribution in [1.29, 1.82) is 0 Å². The number of hydrogen-bond acceptors (Lipinski definition) is 1. The Hall–Kier alpha value is -0.590. The zero-order valence-electron chi connectivity index (χ0n) is 8.87. The minimum absolute atomic E-state index is 0.474. The predicted octanol–water partition coefficient (Wildman–Crippen LogP) is 3.35. The summed E-state index contributed by atoms with van der Waals surface area (Å²) in [6.07, 6.45) is 10.1. The molecule has 0 bridgehead atoms. The molecule has 2 atom stereocenters. The molecule has 2 aliphatic rings. The highest BCUT2D eigenvalue weighted by Crippen LogP contribution is 2.56. The van der Waals surface area contributed by atoms with Gasteiger partial charge < -0.3 is 0 Å². The van der Waals surface area contributed by atoms with E-state index in [0.717, 1.165) is 31.1 Å². The van der Waals surface area contributed by atoms with E-state index in [1.54, 1.807) is 0 Å². The van der Waals surface area contributed by atoms with E-state index in [1.165, 1.54) is 25.7 Å². The Morgan fingerprint density at radius 1 is 1.29 bits per heavy atom. The molecular formula is C13H20O. The van der Waals surface area contributed by atoms with Gasteiger partial charge in [-0.3, -0.25) is 4.79 Å². The van der Waals surface area contributed by atoms with Crippen LogP contribution in [0.3, 0.4) is 0 Å². The molecule has 1 heteroatoms. The van der Waals surface area contributed by atoms with Gasteiger partial charge >= 0.3 is 0 Å². The minimum Gasteiger partial charge on any atom is -0.299 e. The summed E-state index contributed by atoms with van der Waals surface area (Å²) in [5.74, 6) is 2.60. The van der Waals surface area contributed by atoms with E-state index in [2.05, 4.69) is 6.58 Å². The molecule has 0 saturated heterocycles. The van der Waals surface area contributed by atoms with Crippen LogP contribution in [0.1, 0.15) is 44.9 Å². The van der Waals surface area contributed by atoms with Crippen molar-refractivity contribution in [2.45, 2.75) is 44.9 Å². The van der Waals surface area contributed by atoms with Gasteiger partial charge in [0.2, 0.25) is 0 Å². The standard InChI is InChI=1S/C13H20O/c1-2-3-4-9-12(14)13-10-7-5-6-8-11(10)13/h2,10-11,13H,1,3-9H2. The van der Waals surface area contributed by atoms with Crippen molar-refractivity contribution in [3.63, 3.8) is 0 Å². The van der Waals surface area contributed by atoms with Crippen molar-refractivity contribution in [3.8, 4) is 0 Å². The fourth-order valence-electron chi connectivity index (χ4n) is 3.06. The molecule has 2 rings (SSSR count). The lowest BCUT2D eigenvalue weighted by atomic mass is 10.0. The second-order valence-electron chi connectivity index (χ2n) is 4.79. The number of allylic oxidation sites excluding steroid dienone is 1. The first-order valence-electron chi connectivity index (χ1n) is 5.98. The predicted molar refractivity (Wildman–Crippen MR) is 58.0 cm³/mol. The van der Waals surface area contributed by atoms with E-state index in [0.29, 0.717) is 11.7 Å². The highest BCUT2D eigenvalue weighted by Gasteiger charge is 2.53. The van der Waals surface area contributed by atoms with Crippen LogP contribution in [0, 0.1) is 17.8 Å². The lowest BCUT2D eigenvalue weighted by Gasteiger charge is -2.04. The summed E-state index contributed by atoms with van der Waals surface area (Å²) in [4.78, 5) is 11.8. The Balaban J connectivity index is 1.74. The van der Waals surface area contributed by atoms with Crippen LogP contribution in [-0.2, 0) is 4.79 Å². The number of rotatable bonds is 5. The molecule has 0 heterocycles. The van der Waals surface area contributed by atoms with E-state index in [1.807, 2.05) is 6.08 Å². The van der Waals surface area contributed by atoms with Gasteiger partial charge in [-0.05, 0) is 37.5 Å². The van der Waals surface area contributed by atoms with Gasteiger partial charge in [0.15, 0.2) is 0 Å². The maximum Gasteiger partial charge on any atom is 0.136 e. The number of carbonyl (C=O) groups excluding carboxylic acids is 1. The van der Waals surface area contributed by atoms with Gasteiger partial charge in [0.05, 0.1) is 0 Å². The largest absolute Gasteiger partial charge is 0.299 e. The first-order valence-corrected chi connectivity index (χ1v) is 5.98. The number of ketones is 1. The van der Waals surface area contributed by atoms with Crippen LogP contribution in [0.4, 0.5) is 0 Å². The molecule has 2 saturated carbocycles. The summed E-state index contributed by atoms with van der Waals surface area (Å²) >= 11 is 0. The lowest BCUT2D eigenvalue weighted by molar-refractivity contribution is -0.120. The second-order valence-corrected chi connectivity index (χ2v) is 4.79. The average molecular weight is 192 g/mol. The van der Waals surface area contributed by atoms with Crippen molar-refractivity contribution in [2.24, 2.45) is 17.8 Å². The van der Waals surface area contributed by atoms with Gasteiger partial charge in [-0.1, -0.05) is 18.9 Å². The molecule has 78 valence electrons. The summed E-state index contributed by atoms with van der Waals surface area (Å²) in [5, 5.41) is 0. The molecule has 0 aromatic carbocycles. The molecule has 2 fully saturated rings. The molecule has 0 aromatic rings. The van der Waals surface area contributed by atoms with Gasteiger partial charge in [0, 0.05) is 12.3 Å². The fraction of sp³-hybridized carbons (Fsp3) is 0.769. The van der Waals surface area contributed by atoms with Crippen LogP contribution in [-0.4, -0.2) is 5.78 Å². The summed E-state index contributed by atoms with van der Waals surface area (Å²) in [6, 6.07) is 0. The van der Waals surface area contributed by atoms with Crippen molar-refractivity contribution in [2.75, 3.05) is 0 Å². The molecule has 2 aliphatic carbocycles. The molecule has 1 nitrogen and oxygen atoms in total. The Morgan fingerprint density at radius 3 is 2.50 bits per heavy atom. The Morgan fingerprint density at radius 2 is 1.93 bits per heavy atom. The van der Waals surface area contributed by atoms with Gasteiger partial charge in [0.1, 0.15) is 5.78 Å². The zero-order chi connectivity index (χ0) is 9.97. The third kappa shape index (κ3) is 1.92. The highest BCUT2D eigenvalue weighted by molar-refractivity contribution is 5.84. The van der Waals surface area contributed by atoms with E-state index in [4.69, 9.17) is 0 Å². The van der Waals surface area contributed by atoms with Crippen LogP contribution in [0.15, 0.2) is 12.7 Å². The Kier molecular flexibility index (Phi) is 3.05. The maximum absolute atomic E-state index is 11.8. The number of unbranched alkanes of at least 4 members (excludes halogenated alkanes) is 1. The van der Waals surface area contributed by atoms with Crippen LogP contribution in [0.2, 0.25) is 0 Å². The minimum atomic E-state index is 0.474. The number of fused-ring (bicyclic) bond motifs is 1. The smallest absolute Gasteiger partial charge is 0.136 e. The summed E-state index contributed by atoms with van der Waals surface area (Å²) in [5.41, 5.74) is 0. The second kappa shape index (κ2) is 4.29. The summed E-state index contributed by atoms with van der Waals surface area (Å²) in [6.45, 7) is 3.68. The topological polar surface area (TPSA) is 17.1 Å². The van der Waals surface area contributed by atoms with E-state index < -0.39 is 0 Å². The SMILES string of the molecule is C=CCCCC(=O)C1C2CCCCC21. The van der Waals surface area contributed by atoms with Gasteiger partial charge in [0.25, 0.3) is 0 Å². The molecular weight excluding hydrogens is 172 g/mol. The highest BCUT2D eigenvalue weighted by atomic mass is 16.1. The van der Waals surface area contributed by atoms with Crippen molar-refractivity contribution < 1.29 is 4.79 Å². The van der Waals surface area contributed by atoms with Gasteiger partial charge in [-0.25, -0.2) is 0 Å². The normalized spacial score (nSPS) is 34.7. The number of carbonyl (C=O) groups is 1. The number of Topliss-reactive ketones (excluding diaryl/α,β-unsaturated/α-hetero) is 1. The average Bonchev–Trinajstić information content (AvgIpc) is 2.92. The monoisotopic (exact) mass is 192 g/mol. The summed E-state index contributed by atoms with van der Waals surface area (Å²) in [7, 11) is 0. The van der Waals surface area contributed by atoms with Crippen LogP contribution in [0.25, 0.3) is 0 Å². The zero-order valence-corrected chi connectivity index (χ0v) is 8.87. The third-order valence-corrected chi connectivity index (χ3v) is 3.86. The van der Waals surface area contributed by atoms with E-state index in [9.17, 15) is 4.79 Å². The lowest BCUT2D eigenvalue weighted by Crippen LogP contribution is -2.02. The maximum atomic E-state index is 11.8. The molecule has 0 aliphatic heterocycles. The van der Waals surface area contributed by atoms with Crippen LogP contribution < -0.4 is 0 Å². The molecule has 14 heavy (non-hydrogen) atoms. The van der Waals surface area contributed by atoms with E-state index in [-0.39, 0.29) is 0 Å². The van der Waals surface area contributed by atoms with Crippen molar-refractivity contribution >= 4 is 5.78 Å².